The summed E-state index contributed by atoms with van der Waals surface area (Å²) < 4.78 is 5.89. The van der Waals surface area contributed by atoms with Gasteiger partial charge in [-0.1, -0.05) is 29.3 Å². The molecule has 2 aromatic carbocycles. The minimum absolute atomic E-state index is 0.488. The van der Waals surface area contributed by atoms with Gasteiger partial charge >= 0.3 is 5.79 Å². The first kappa shape index (κ1) is 13.0. The van der Waals surface area contributed by atoms with Crippen molar-refractivity contribution in [3.63, 3.8) is 0 Å². The number of nitrogens with zero attached hydrogens (tertiary/aromatic N) is 1. The molecule has 0 radical (unpaired) electrons. The second-order valence-corrected chi connectivity index (χ2v) is 5.34. The van der Waals surface area contributed by atoms with Crippen LogP contribution in [0, 0.1) is 6.92 Å². The molecule has 0 saturated carbocycles. The van der Waals surface area contributed by atoms with Crippen molar-refractivity contribution < 1.29 is 9.57 Å². The summed E-state index contributed by atoms with van der Waals surface area (Å²) in [4.78, 5) is 5.49. The summed E-state index contributed by atoms with van der Waals surface area (Å²) in [5.74, 6) is -0.424. The highest BCUT2D eigenvalue weighted by atomic mass is 35.5. The van der Waals surface area contributed by atoms with Crippen LogP contribution in [0.15, 0.2) is 53.7 Å². The van der Waals surface area contributed by atoms with Gasteiger partial charge in [-0.25, -0.2) is 0 Å². The molecule has 102 valence electrons. The van der Waals surface area contributed by atoms with Crippen molar-refractivity contribution in [3.05, 3.63) is 70.2 Å². The van der Waals surface area contributed by atoms with Gasteiger partial charge in [-0.3, -0.25) is 0 Å². The molecule has 0 aliphatic carbocycles. The van der Waals surface area contributed by atoms with Crippen LogP contribution in [-0.2, 0) is 15.4 Å². The van der Waals surface area contributed by atoms with Crippen LogP contribution in [-0.4, -0.2) is 5.90 Å². The fourth-order valence-corrected chi connectivity index (χ4v) is 2.15. The van der Waals surface area contributed by atoms with Crippen molar-refractivity contribution in [2.45, 2.75) is 19.6 Å². The van der Waals surface area contributed by atoms with Crippen molar-refractivity contribution in [2.75, 3.05) is 0 Å². The highest BCUT2D eigenvalue weighted by Gasteiger charge is 2.38. The summed E-state index contributed by atoms with van der Waals surface area (Å²) in [7, 11) is 0. The molecule has 0 aromatic heterocycles. The normalized spacial score (nSPS) is 21.1. The second-order valence-electron chi connectivity index (χ2n) is 4.91. The van der Waals surface area contributed by atoms with E-state index < -0.39 is 5.79 Å². The molecule has 1 unspecified atom stereocenters. The van der Waals surface area contributed by atoms with E-state index in [0.29, 0.717) is 10.9 Å². The van der Waals surface area contributed by atoms with Gasteiger partial charge in [-0.15, -0.1) is 0 Å². The Morgan fingerprint density at radius 2 is 1.65 bits per heavy atom. The van der Waals surface area contributed by atoms with Gasteiger partial charge in [0.2, 0.25) is 0 Å². The van der Waals surface area contributed by atoms with Crippen molar-refractivity contribution in [1.82, 2.24) is 0 Å². The molecule has 20 heavy (non-hydrogen) atoms. The van der Waals surface area contributed by atoms with E-state index in [4.69, 9.17) is 21.2 Å². The van der Waals surface area contributed by atoms with Crippen LogP contribution < -0.4 is 0 Å². The monoisotopic (exact) mass is 287 g/mol. The lowest BCUT2D eigenvalue weighted by Crippen LogP contribution is -2.25. The molecule has 3 nitrogen and oxygen atoms in total. The standard InChI is InChI=1S/C16H14ClNO2/c1-11-3-5-12(6-4-11)15-18-20-16(2,19-15)13-7-9-14(17)10-8-13/h3-10H,1-2H3. The molecule has 2 aromatic rings. The first-order valence-corrected chi connectivity index (χ1v) is 6.73. The van der Waals surface area contributed by atoms with Crippen LogP contribution in [0.5, 0.6) is 0 Å². The highest BCUT2D eigenvalue weighted by molar-refractivity contribution is 6.30. The molecular weight excluding hydrogens is 274 g/mol. The summed E-state index contributed by atoms with van der Waals surface area (Å²) in [5.41, 5.74) is 2.95. The number of hydrogen-bond donors (Lipinski definition) is 0. The third-order valence-corrected chi connectivity index (χ3v) is 3.51. The Morgan fingerprint density at radius 3 is 2.30 bits per heavy atom. The number of benzene rings is 2. The van der Waals surface area contributed by atoms with E-state index in [2.05, 4.69) is 5.16 Å². The van der Waals surface area contributed by atoms with Gasteiger partial charge in [0.25, 0.3) is 5.90 Å². The Bertz CT molecular complexity index is 649. The second kappa shape index (κ2) is 4.84. The quantitative estimate of drug-likeness (QED) is 0.827. The van der Waals surface area contributed by atoms with Gasteiger partial charge in [0.15, 0.2) is 0 Å². The number of aryl methyl sites for hydroxylation is 1. The summed E-state index contributed by atoms with van der Waals surface area (Å²) in [6.45, 7) is 3.87. The maximum Gasteiger partial charge on any atom is 0.301 e. The summed E-state index contributed by atoms with van der Waals surface area (Å²) in [6, 6.07) is 15.3. The smallest absolute Gasteiger partial charge is 0.301 e. The number of oxime groups is 1. The van der Waals surface area contributed by atoms with Crippen LogP contribution in [0.4, 0.5) is 0 Å². The SMILES string of the molecule is Cc1ccc(C2=NOC(C)(c3ccc(Cl)cc3)O2)cc1. The summed E-state index contributed by atoms with van der Waals surface area (Å²) in [5, 5.41) is 4.73. The zero-order valence-corrected chi connectivity index (χ0v) is 12.0. The number of halogens is 1. The van der Waals surface area contributed by atoms with E-state index >= 15 is 0 Å². The molecule has 0 fully saturated rings. The molecule has 1 atom stereocenters. The van der Waals surface area contributed by atoms with Crippen LogP contribution >= 0.6 is 11.6 Å². The van der Waals surface area contributed by atoms with Crippen LogP contribution in [0.3, 0.4) is 0 Å². The van der Waals surface area contributed by atoms with Crippen molar-refractivity contribution in [1.29, 1.82) is 0 Å². The largest absolute Gasteiger partial charge is 0.426 e. The minimum atomic E-state index is -0.912. The molecular formula is C16H14ClNO2. The lowest BCUT2D eigenvalue weighted by atomic mass is 10.1. The first-order chi connectivity index (χ1) is 9.57. The minimum Gasteiger partial charge on any atom is -0.426 e. The number of rotatable bonds is 2. The zero-order valence-electron chi connectivity index (χ0n) is 11.3. The first-order valence-electron chi connectivity index (χ1n) is 6.35. The van der Waals surface area contributed by atoms with E-state index in [-0.39, 0.29) is 0 Å². The molecule has 3 rings (SSSR count). The fourth-order valence-electron chi connectivity index (χ4n) is 2.02. The average Bonchev–Trinajstić information content (AvgIpc) is 2.84. The highest BCUT2D eigenvalue weighted by Crippen LogP contribution is 2.33. The average molecular weight is 288 g/mol. The van der Waals surface area contributed by atoms with Crippen molar-refractivity contribution >= 4 is 17.5 Å². The molecule has 0 N–H and O–H groups in total. The molecule has 0 saturated heterocycles. The van der Waals surface area contributed by atoms with E-state index in [1.54, 1.807) is 12.1 Å². The number of hydrogen-bond acceptors (Lipinski definition) is 3. The molecule has 1 aliphatic rings. The van der Waals surface area contributed by atoms with Crippen molar-refractivity contribution in [3.8, 4) is 0 Å². The fraction of sp³-hybridized carbons (Fsp3) is 0.188. The van der Waals surface area contributed by atoms with Crippen molar-refractivity contribution in [2.24, 2.45) is 5.16 Å². The summed E-state index contributed by atoms with van der Waals surface area (Å²) in [6.07, 6.45) is 0. The predicted molar refractivity (Wildman–Crippen MR) is 78.7 cm³/mol. The van der Waals surface area contributed by atoms with Gasteiger partial charge in [-0.2, -0.15) is 0 Å². The third-order valence-electron chi connectivity index (χ3n) is 3.26. The molecule has 4 heteroatoms. The van der Waals surface area contributed by atoms with E-state index in [1.807, 2.05) is 50.2 Å². The lowest BCUT2D eigenvalue weighted by Gasteiger charge is -2.21. The van der Waals surface area contributed by atoms with Gasteiger partial charge in [-0.05, 0) is 48.5 Å². The topological polar surface area (TPSA) is 30.8 Å². The summed E-state index contributed by atoms with van der Waals surface area (Å²) >= 11 is 5.89. The predicted octanol–water partition coefficient (Wildman–Crippen LogP) is 4.23. The van der Waals surface area contributed by atoms with Gasteiger partial charge < -0.3 is 9.57 Å². The molecule has 0 spiro atoms. The maximum atomic E-state index is 5.89. The maximum absolute atomic E-state index is 5.89. The Labute approximate surface area is 122 Å². The molecule has 1 heterocycles. The zero-order chi connectivity index (χ0) is 14.2. The van der Waals surface area contributed by atoms with Crippen LogP contribution in [0.2, 0.25) is 5.02 Å². The van der Waals surface area contributed by atoms with Crippen LogP contribution in [0.25, 0.3) is 0 Å². The molecule has 0 bridgehead atoms. The molecule has 0 amide bonds. The Kier molecular flexibility index (Phi) is 3.14. The van der Waals surface area contributed by atoms with Gasteiger partial charge in [0, 0.05) is 23.1 Å². The van der Waals surface area contributed by atoms with Crippen LogP contribution in [0.1, 0.15) is 23.6 Å². The Morgan fingerprint density at radius 1 is 1.00 bits per heavy atom. The third kappa shape index (κ3) is 2.37. The van der Waals surface area contributed by atoms with E-state index in [9.17, 15) is 0 Å². The number of ether oxygens (including phenoxy) is 1. The lowest BCUT2D eigenvalue weighted by molar-refractivity contribution is -0.152. The van der Waals surface area contributed by atoms with E-state index in [1.165, 1.54) is 5.56 Å². The molecule has 1 aliphatic heterocycles. The Hall–Kier alpha value is -2.00. The Balaban J connectivity index is 1.84. The van der Waals surface area contributed by atoms with Gasteiger partial charge in [0.05, 0.1) is 0 Å². The van der Waals surface area contributed by atoms with E-state index in [0.717, 1.165) is 11.1 Å². The van der Waals surface area contributed by atoms with Gasteiger partial charge in [0.1, 0.15) is 0 Å².